The number of anilines is 1. The van der Waals surface area contributed by atoms with Crippen LogP contribution in [0.15, 0.2) is 24.3 Å². The van der Waals surface area contributed by atoms with Crippen LogP contribution >= 0.6 is 0 Å². The van der Waals surface area contributed by atoms with Gasteiger partial charge in [-0.05, 0) is 64.0 Å². The fourth-order valence-electron chi connectivity index (χ4n) is 3.74. The fraction of sp³-hybridized carbons (Fsp3) is 0.619. The van der Waals surface area contributed by atoms with E-state index in [-0.39, 0.29) is 18.7 Å². The van der Waals surface area contributed by atoms with Gasteiger partial charge in [0.25, 0.3) is 0 Å². The van der Waals surface area contributed by atoms with E-state index in [9.17, 15) is 9.59 Å². The first kappa shape index (κ1) is 21.4. The number of carbonyl (C=O) groups is 2. The first-order valence-corrected chi connectivity index (χ1v) is 10.4. The third-order valence-corrected chi connectivity index (χ3v) is 5.26. The summed E-state index contributed by atoms with van der Waals surface area (Å²) in [6.45, 7) is 8.98. The number of urea groups is 1. The smallest absolute Gasteiger partial charge is 0.344 e. The van der Waals surface area contributed by atoms with Crippen molar-refractivity contribution in [1.82, 2.24) is 15.1 Å². The maximum absolute atomic E-state index is 12.5. The van der Waals surface area contributed by atoms with Gasteiger partial charge in [0.05, 0.1) is 6.10 Å². The molecule has 2 N–H and O–H groups in total. The van der Waals surface area contributed by atoms with Crippen molar-refractivity contribution in [3.8, 4) is 5.75 Å². The number of piperidine rings is 1. The van der Waals surface area contributed by atoms with Crippen molar-refractivity contribution in [3.63, 3.8) is 0 Å². The molecule has 2 fully saturated rings. The molecule has 8 nitrogen and oxygen atoms in total. The summed E-state index contributed by atoms with van der Waals surface area (Å²) in [6, 6.07) is 7.56. The Balaban J connectivity index is 1.41. The Hall–Kier alpha value is -2.32. The van der Waals surface area contributed by atoms with Gasteiger partial charge in [0.2, 0.25) is 0 Å². The minimum atomic E-state index is -0.402. The number of rotatable bonds is 6. The average molecular weight is 405 g/mol. The molecule has 1 aromatic rings. The highest BCUT2D eigenvalue weighted by molar-refractivity contribution is 5.89. The Labute approximate surface area is 172 Å². The van der Waals surface area contributed by atoms with Crippen molar-refractivity contribution in [3.05, 3.63) is 24.3 Å². The minimum Gasteiger partial charge on any atom is -0.482 e. The standard InChI is InChI=1S/C21H32N4O4/c1-16(2)29-20(26)15-28-19-5-3-17(4-6-19)23-21(27)25-13-11-24(12-14-25)18-7-9-22-10-8-18/h3-6,16,18,22H,7-15H2,1-2H3,(H,23,27). The number of hydrogen-bond acceptors (Lipinski definition) is 6. The summed E-state index contributed by atoms with van der Waals surface area (Å²) in [5, 5.41) is 6.34. The van der Waals surface area contributed by atoms with Gasteiger partial charge < -0.3 is 25.0 Å². The molecule has 0 saturated carbocycles. The molecule has 160 valence electrons. The molecule has 3 rings (SSSR count). The van der Waals surface area contributed by atoms with Crippen LogP contribution in [0.1, 0.15) is 26.7 Å². The Morgan fingerprint density at radius 1 is 1.10 bits per heavy atom. The van der Waals surface area contributed by atoms with Gasteiger partial charge in [-0.25, -0.2) is 9.59 Å². The SMILES string of the molecule is CC(C)OC(=O)COc1ccc(NC(=O)N2CCN(C3CCNCC3)CC2)cc1. The third kappa shape index (κ3) is 6.61. The number of amides is 2. The van der Waals surface area contributed by atoms with Crippen LogP contribution in [0.2, 0.25) is 0 Å². The normalized spacial score (nSPS) is 18.5. The van der Waals surface area contributed by atoms with E-state index in [4.69, 9.17) is 9.47 Å². The number of ether oxygens (including phenoxy) is 2. The molecule has 2 aliphatic rings. The highest BCUT2D eigenvalue weighted by Crippen LogP contribution is 2.18. The van der Waals surface area contributed by atoms with Gasteiger partial charge in [-0.2, -0.15) is 0 Å². The minimum absolute atomic E-state index is 0.0795. The van der Waals surface area contributed by atoms with E-state index >= 15 is 0 Å². The molecule has 2 amide bonds. The largest absolute Gasteiger partial charge is 0.482 e. The number of hydrogen-bond donors (Lipinski definition) is 2. The van der Waals surface area contributed by atoms with Crippen LogP contribution in [0.5, 0.6) is 5.75 Å². The lowest BCUT2D eigenvalue weighted by atomic mass is 10.0. The molecule has 29 heavy (non-hydrogen) atoms. The molecule has 0 unspecified atom stereocenters. The van der Waals surface area contributed by atoms with Crippen molar-refractivity contribution in [2.75, 3.05) is 51.2 Å². The van der Waals surface area contributed by atoms with E-state index in [0.29, 0.717) is 17.5 Å². The Morgan fingerprint density at radius 2 is 1.76 bits per heavy atom. The van der Waals surface area contributed by atoms with E-state index in [1.165, 1.54) is 12.8 Å². The molecule has 0 atom stereocenters. The van der Waals surface area contributed by atoms with Crippen LogP contribution < -0.4 is 15.4 Å². The summed E-state index contributed by atoms with van der Waals surface area (Å²) in [6.07, 6.45) is 2.22. The fourth-order valence-corrected chi connectivity index (χ4v) is 3.74. The molecule has 1 aromatic carbocycles. The maximum Gasteiger partial charge on any atom is 0.344 e. The average Bonchev–Trinajstić information content (AvgIpc) is 2.73. The molecule has 0 bridgehead atoms. The van der Waals surface area contributed by atoms with Gasteiger partial charge in [-0.3, -0.25) is 4.90 Å². The van der Waals surface area contributed by atoms with Gasteiger partial charge in [0.1, 0.15) is 5.75 Å². The summed E-state index contributed by atoms with van der Waals surface area (Å²) in [7, 11) is 0. The second-order valence-electron chi connectivity index (χ2n) is 7.79. The summed E-state index contributed by atoms with van der Waals surface area (Å²) in [4.78, 5) is 28.4. The second kappa shape index (κ2) is 10.5. The first-order valence-electron chi connectivity index (χ1n) is 10.4. The molecule has 0 spiro atoms. The second-order valence-corrected chi connectivity index (χ2v) is 7.79. The van der Waals surface area contributed by atoms with Crippen molar-refractivity contribution >= 4 is 17.7 Å². The van der Waals surface area contributed by atoms with Crippen LogP contribution in [0.25, 0.3) is 0 Å². The number of benzene rings is 1. The summed E-state index contributed by atoms with van der Waals surface area (Å²) in [5.41, 5.74) is 0.702. The van der Waals surface area contributed by atoms with Gasteiger partial charge in [-0.15, -0.1) is 0 Å². The van der Waals surface area contributed by atoms with Crippen molar-refractivity contribution < 1.29 is 19.1 Å². The van der Waals surface area contributed by atoms with Crippen LogP contribution in [-0.2, 0) is 9.53 Å². The zero-order valence-corrected chi connectivity index (χ0v) is 17.4. The van der Waals surface area contributed by atoms with Crippen molar-refractivity contribution in [1.29, 1.82) is 0 Å². The van der Waals surface area contributed by atoms with E-state index < -0.39 is 5.97 Å². The maximum atomic E-state index is 12.5. The molecule has 8 heteroatoms. The highest BCUT2D eigenvalue weighted by atomic mass is 16.6. The van der Waals surface area contributed by atoms with Crippen LogP contribution in [-0.4, -0.2) is 79.8 Å². The zero-order chi connectivity index (χ0) is 20.6. The Bertz CT molecular complexity index is 666. The molecule has 0 aromatic heterocycles. The number of carbonyl (C=O) groups excluding carboxylic acids is 2. The monoisotopic (exact) mass is 404 g/mol. The predicted octanol–water partition coefficient (Wildman–Crippen LogP) is 1.92. The van der Waals surface area contributed by atoms with E-state index in [1.807, 2.05) is 4.90 Å². The molecular weight excluding hydrogens is 372 g/mol. The van der Waals surface area contributed by atoms with Gasteiger partial charge in [-0.1, -0.05) is 0 Å². The first-order chi connectivity index (χ1) is 14.0. The molecule has 2 aliphatic heterocycles. The zero-order valence-electron chi connectivity index (χ0n) is 17.4. The lowest BCUT2D eigenvalue weighted by molar-refractivity contribution is -0.149. The number of nitrogens with zero attached hydrogens (tertiary/aromatic N) is 2. The molecule has 0 aliphatic carbocycles. The molecule has 0 radical (unpaired) electrons. The third-order valence-electron chi connectivity index (χ3n) is 5.26. The molecule has 2 heterocycles. The summed E-state index contributed by atoms with van der Waals surface area (Å²) < 4.78 is 10.4. The number of piperazine rings is 1. The van der Waals surface area contributed by atoms with Gasteiger partial charge >= 0.3 is 12.0 Å². The molecular formula is C21H32N4O4. The molecule has 2 saturated heterocycles. The topological polar surface area (TPSA) is 83.1 Å². The van der Waals surface area contributed by atoms with E-state index in [2.05, 4.69) is 15.5 Å². The predicted molar refractivity (Wildman–Crippen MR) is 111 cm³/mol. The van der Waals surface area contributed by atoms with Crippen LogP contribution in [0.3, 0.4) is 0 Å². The van der Waals surface area contributed by atoms with Crippen molar-refractivity contribution in [2.24, 2.45) is 0 Å². The Morgan fingerprint density at radius 3 is 2.38 bits per heavy atom. The van der Waals surface area contributed by atoms with Gasteiger partial charge in [0, 0.05) is 37.9 Å². The summed E-state index contributed by atoms with van der Waals surface area (Å²) >= 11 is 0. The van der Waals surface area contributed by atoms with Crippen LogP contribution in [0.4, 0.5) is 10.5 Å². The van der Waals surface area contributed by atoms with Crippen molar-refractivity contribution in [2.45, 2.75) is 38.8 Å². The van der Waals surface area contributed by atoms with Gasteiger partial charge in [0.15, 0.2) is 6.61 Å². The number of nitrogens with one attached hydrogen (secondary N) is 2. The lowest BCUT2D eigenvalue weighted by Crippen LogP contribution is -2.54. The van der Waals surface area contributed by atoms with E-state index in [0.717, 1.165) is 39.3 Å². The summed E-state index contributed by atoms with van der Waals surface area (Å²) in [5.74, 6) is 0.153. The highest BCUT2D eigenvalue weighted by Gasteiger charge is 2.26. The quantitative estimate of drug-likeness (QED) is 0.705. The number of esters is 1. The Kier molecular flexibility index (Phi) is 7.71. The lowest BCUT2D eigenvalue weighted by Gasteiger charge is -2.40. The van der Waals surface area contributed by atoms with Crippen LogP contribution in [0, 0.1) is 0 Å². The van der Waals surface area contributed by atoms with E-state index in [1.54, 1.807) is 38.1 Å².